The van der Waals surface area contributed by atoms with E-state index in [1.807, 2.05) is 0 Å². The van der Waals surface area contributed by atoms with E-state index in [-0.39, 0.29) is 11.6 Å². The third kappa shape index (κ3) is 2.93. The van der Waals surface area contributed by atoms with Gasteiger partial charge in [-0.3, -0.25) is 0 Å². The summed E-state index contributed by atoms with van der Waals surface area (Å²) in [6, 6.07) is 0.797. The van der Waals surface area contributed by atoms with E-state index in [1.54, 1.807) is 7.11 Å². The van der Waals surface area contributed by atoms with Crippen molar-refractivity contribution in [3.05, 3.63) is 17.7 Å². The summed E-state index contributed by atoms with van der Waals surface area (Å²) in [6.45, 7) is 1.40. The van der Waals surface area contributed by atoms with Crippen LogP contribution in [0.1, 0.15) is 6.42 Å². The maximum Gasteiger partial charge on any atom is 0.168 e. The SMILES string of the molecule is CNc1nc(NCC2(OC)CCOC2)c(F)cc1F. The van der Waals surface area contributed by atoms with Crippen molar-refractivity contribution in [3.8, 4) is 0 Å². The van der Waals surface area contributed by atoms with Gasteiger partial charge in [-0.05, 0) is 0 Å². The van der Waals surface area contributed by atoms with Gasteiger partial charge in [0.15, 0.2) is 23.3 Å². The molecule has 0 aromatic carbocycles. The minimum Gasteiger partial charge on any atom is -0.378 e. The van der Waals surface area contributed by atoms with Crippen molar-refractivity contribution in [3.63, 3.8) is 0 Å². The van der Waals surface area contributed by atoms with Crippen molar-refractivity contribution in [2.24, 2.45) is 0 Å². The van der Waals surface area contributed by atoms with E-state index in [9.17, 15) is 8.78 Å². The molecule has 1 unspecified atom stereocenters. The van der Waals surface area contributed by atoms with E-state index in [4.69, 9.17) is 9.47 Å². The number of anilines is 2. The zero-order valence-electron chi connectivity index (χ0n) is 10.9. The Labute approximate surface area is 110 Å². The molecule has 0 amide bonds. The maximum atomic E-state index is 13.6. The van der Waals surface area contributed by atoms with Gasteiger partial charge in [-0.25, -0.2) is 13.8 Å². The number of pyridine rings is 1. The van der Waals surface area contributed by atoms with Crippen LogP contribution >= 0.6 is 0 Å². The van der Waals surface area contributed by atoms with Crippen molar-refractivity contribution in [2.75, 3.05) is 44.5 Å². The average Bonchev–Trinajstić information content (AvgIpc) is 2.87. The molecular weight excluding hydrogens is 256 g/mol. The Morgan fingerprint density at radius 2 is 2.16 bits per heavy atom. The van der Waals surface area contributed by atoms with Crippen LogP contribution in [-0.2, 0) is 9.47 Å². The first-order valence-electron chi connectivity index (χ1n) is 6.01. The summed E-state index contributed by atoms with van der Waals surface area (Å²) in [5, 5.41) is 5.42. The number of aromatic nitrogens is 1. The lowest BCUT2D eigenvalue weighted by Gasteiger charge is -2.26. The molecule has 0 aliphatic carbocycles. The summed E-state index contributed by atoms with van der Waals surface area (Å²) in [4.78, 5) is 3.85. The highest BCUT2D eigenvalue weighted by Gasteiger charge is 2.35. The van der Waals surface area contributed by atoms with Gasteiger partial charge in [-0.15, -0.1) is 0 Å². The summed E-state index contributed by atoms with van der Waals surface area (Å²) < 4.78 is 37.6. The molecule has 0 saturated carbocycles. The highest BCUT2D eigenvalue weighted by Crippen LogP contribution is 2.24. The number of nitrogens with one attached hydrogen (secondary N) is 2. The van der Waals surface area contributed by atoms with Gasteiger partial charge in [0.2, 0.25) is 0 Å². The molecule has 1 aromatic heterocycles. The van der Waals surface area contributed by atoms with Crippen molar-refractivity contribution >= 4 is 11.6 Å². The molecule has 5 nitrogen and oxygen atoms in total. The lowest BCUT2D eigenvalue weighted by atomic mass is 10.0. The molecule has 0 spiro atoms. The van der Waals surface area contributed by atoms with Crippen LogP contribution < -0.4 is 10.6 Å². The zero-order chi connectivity index (χ0) is 13.9. The van der Waals surface area contributed by atoms with Gasteiger partial charge in [0.1, 0.15) is 5.60 Å². The summed E-state index contributed by atoms with van der Waals surface area (Å²) in [7, 11) is 3.11. The largest absolute Gasteiger partial charge is 0.378 e. The van der Waals surface area contributed by atoms with Crippen LogP contribution in [0.4, 0.5) is 20.4 Å². The molecule has 7 heteroatoms. The van der Waals surface area contributed by atoms with Gasteiger partial charge in [0, 0.05) is 39.8 Å². The smallest absolute Gasteiger partial charge is 0.168 e. The van der Waals surface area contributed by atoms with E-state index in [2.05, 4.69) is 15.6 Å². The lowest BCUT2D eigenvalue weighted by Crippen LogP contribution is -2.40. The summed E-state index contributed by atoms with van der Waals surface area (Å²) >= 11 is 0. The molecule has 1 atom stereocenters. The Kier molecular flexibility index (Phi) is 4.16. The van der Waals surface area contributed by atoms with Gasteiger partial charge in [0.05, 0.1) is 6.61 Å². The standard InChI is InChI=1S/C12H17F2N3O2/c1-15-10-8(13)5-9(14)11(17-10)16-6-12(18-2)3-4-19-7-12/h5H,3-4,6-7H2,1-2H3,(H2,15,16,17). The number of hydrogen-bond donors (Lipinski definition) is 2. The quantitative estimate of drug-likeness (QED) is 0.854. The third-order valence-electron chi connectivity index (χ3n) is 3.24. The Morgan fingerprint density at radius 1 is 1.42 bits per heavy atom. The summed E-state index contributed by atoms with van der Waals surface area (Å²) in [6.07, 6.45) is 0.720. The van der Waals surface area contributed by atoms with E-state index < -0.39 is 17.2 Å². The molecule has 0 bridgehead atoms. The first kappa shape index (κ1) is 14.0. The van der Waals surface area contributed by atoms with Gasteiger partial charge in [0.25, 0.3) is 0 Å². The van der Waals surface area contributed by atoms with Gasteiger partial charge in [-0.1, -0.05) is 0 Å². The fraction of sp³-hybridized carbons (Fsp3) is 0.583. The van der Waals surface area contributed by atoms with E-state index in [0.29, 0.717) is 19.8 Å². The lowest BCUT2D eigenvalue weighted by molar-refractivity contribution is -0.00629. The molecule has 2 rings (SSSR count). The first-order valence-corrected chi connectivity index (χ1v) is 6.01. The molecule has 1 fully saturated rings. The second-order valence-electron chi connectivity index (χ2n) is 4.44. The second-order valence-corrected chi connectivity index (χ2v) is 4.44. The summed E-state index contributed by atoms with van der Waals surface area (Å²) in [5.41, 5.74) is -0.484. The monoisotopic (exact) mass is 273 g/mol. The molecule has 1 aromatic rings. The molecule has 106 valence electrons. The maximum absolute atomic E-state index is 13.6. The molecule has 1 saturated heterocycles. The number of ether oxygens (including phenoxy) is 2. The van der Waals surface area contributed by atoms with E-state index in [0.717, 1.165) is 12.5 Å². The highest BCUT2D eigenvalue weighted by atomic mass is 19.1. The Bertz CT molecular complexity index is 451. The average molecular weight is 273 g/mol. The molecule has 1 aliphatic rings. The van der Waals surface area contributed by atoms with Gasteiger partial charge in [-0.2, -0.15) is 0 Å². The van der Waals surface area contributed by atoms with Crippen LogP contribution in [0.15, 0.2) is 6.07 Å². The normalized spacial score (nSPS) is 22.5. The van der Waals surface area contributed by atoms with Gasteiger partial charge >= 0.3 is 0 Å². The first-order chi connectivity index (χ1) is 9.10. The topological polar surface area (TPSA) is 55.4 Å². The fourth-order valence-electron chi connectivity index (χ4n) is 1.97. The minimum absolute atomic E-state index is 0.00182. The van der Waals surface area contributed by atoms with E-state index >= 15 is 0 Å². The Balaban J connectivity index is 2.10. The van der Waals surface area contributed by atoms with Crippen molar-refractivity contribution < 1.29 is 18.3 Å². The van der Waals surface area contributed by atoms with Crippen LogP contribution in [-0.4, -0.2) is 44.5 Å². The van der Waals surface area contributed by atoms with Crippen LogP contribution in [0, 0.1) is 11.6 Å². The fourth-order valence-corrected chi connectivity index (χ4v) is 1.97. The summed E-state index contributed by atoms with van der Waals surface area (Å²) in [5.74, 6) is -1.47. The second kappa shape index (κ2) is 5.66. The number of halogens is 2. The predicted octanol–water partition coefficient (Wildman–Crippen LogP) is 1.62. The highest BCUT2D eigenvalue weighted by molar-refractivity contribution is 5.47. The van der Waals surface area contributed by atoms with Crippen LogP contribution in [0.3, 0.4) is 0 Å². The van der Waals surface area contributed by atoms with Crippen molar-refractivity contribution in [1.82, 2.24) is 4.98 Å². The Hall–Kier alpha value is -1.47. The zero-order valence-corrected chi connectivity index (χ0v) is 10.9. The molecular formula is C12H17F2N3O2. The van der Waals surface area contributed by atoms with Crippen LogP contribution in [0.25, 0.3) is 0 Å². The van der Waals surface area contributed by atoms with Crippen molar-refractivity contribution in [2.45, 2.75) is 12.0 Å². The molecule has 0 radical (unpaired) electrons. The third-order valence-corrected chi connectivity index (χ3v) is 3.24. The van der Waals surface area contributed by atoms with Crippen molar-refractivity contribution in [1.29, 1.82) is 0 Å². The number of hydrogen-bond acceptors (Lipinski definition) is 5. The van der Waals surface area contributed by atoms with Crippen LogP contribution in [0.5, 0.6) is 0 Å². The molecule has 2 N–H and O–H groups in total. The number of nitrogens with zero attached hydrogens (tertiary/aromatic N) is 1. The van der Waals surface area contributed by atoms with E-state index in [1.165, 1.54) is 7.05 Å². The molecule has 19 heavy (non-hydrogen) atoms. The van der Waals surface area contributed by atoms with Gasteiger partial charge < -0.3 is 20.1 Å². The minimum atomic E-state index is -0.735. The predicted molar refractivity (Wildman–Crippen MR) is 67.4 cm³/mol. The van der Waals surface area contributed by atoms with Crippen LogP contribution in [0.2, 0.25) is 0 Å². The Morgan fingerprint density at radius 3 is 2.74 bits per heavy atom. The molecule has 2 heterocycles. The molecule has 1 aliphatic heterocycles. The number of methoxy groups -OCH3 is 1. The number of rotatable bonds is 5.